The zero-order valence-electron chi connectivity index (χ0n) is 16.4. The lowest BCUT2D eigenvalue weighted by atomic mass is 10.0. The number of phenols is 2. The number of phenolic OH excluding ortho intramolecular Hbond substituents is 2. The molecule has 3 aromatic rings. The summed E-state index contributed by atoms with van der Waals surface area (Å²) in [4.78, 5) is 29.0. The van der Waals surface area contributed by atoms with Gasteiger partial charge in [0.15, 0.2) is 0 Å². The van der Waals surface area contributed by atoms with Crippen LogP contribution in [0, 0.1) is 12.7 Å². The minimum atomic E-state index is -0.664. The maximum absolute atomic E-state index is 13.1. The van der Waals surface area contributed by atoms with Crippen molar-refractivity contribution in [3.05, 3.63) is 63.8 Å². The first kappa shape index (κ1) is 19.8. The van der Waals surface area contributed by atoms with Crippen molar-refractivity contribution in [1.29, 1.82) is 0 Å². The molecule has 0 spiro atoms. The quantitative estimate of drug-likeness (QED) is 0.642. The number of rotatable bonds is 3. The second-order valence-corrected chi connectivity index (χ2v) is 7.35. The van der Waals surface area contributed by atoms with Gasteiger partial charge in [0.05, 0.1) is 17.4 Å². The van der Waals surface area contributed by atoms with Gasteiger partial charge in [-0.3, -0.25) is 4.79 Å². The Kier molecular flexibility index (Phi) is 5.07. The van der Waals surface area contributed by atoms with Gasteiger partial charge in [0, 0.05) is 44.0 Å². The van der Waals surface area contributed by atoms with E-state index in [0.717, 1.165) is 11.8 Å². The fourth-order valence-electron chi connectivity index (χ4n) is 3.84. The molecule has 1 saturated heterocycles. The van der Waals surface area contributed by atoms with Crippen molar-refractivity contribution >= 4 is 22.6 Å². The molecule has 4 rings (SSSR count). The lowest BCUT2D eigenvalue weighted by Crippen LogP contribution is -2.49. The van der Waals surface area contributed by atoms with E-state index in [1.807, 2.05) is 0 Å². The van der Waals surface area contributed by atoms with Crippen LogP contribution in [-0.2, 0) is 11.2 Å². The summed E-state index contributed by atoms with van der Waals surface area (Å²) < 4.78 is 18.3. The Morgan fingerprint density at radius 1 is 1.10 bits per heavy atom. The molecule has 0 bridgehead atoms. The van der Waals surface area contributed by atoms with Crippen LogP contribution in [0.4, 0.5) is 10.1 Å². The number of hydrogen-bond donors (Lipinski definition) is 2. The molecule has 0 aliphatic carbocycles. The number of carbonyl (C=O) groups is 1. The molecule has 8 heteroatoms. The molecule has 2 aromatic carbocycles. The zero-order chi connectivity index (χ0) is 21.4. The minimum Gasteiger partial charge on any atom is -0.508 e. The standard InChI is InChI=1S/C22H21FN2O5/c1-13-17(22(29)30-19-11-16(26)10-18(27)21(13)19)12-20(28)25-8-6-24(7-9-25)15-4-2-14(23)3-5-15/h2-5,10-11,26-27H,6-9,12H2,1H3. The average molecular weight is 412 g/mol. The number of amides is 1. The van der Waals surface area contributed by atoms with Crippen molar-refractivity contribution < 1.29 is 23.8 Å². The fraction of sp³-hybridized carbons (Fsp3) is 0.273. The number of aromatic hydroxyl groups is 2. The van der Waals surface area contributed by atoms with Gasteiger partial charge < -0.3 is 24.4 Å². The summed E-state index contributed by atoms with van der Waals surface area (Å²) >= 11 is 0. The molecule has 0 radical (unpaired) electrons. The lowest BCUT2D eigenvalue weighted by Gasteiger charge is -2.36. The van der Waals surface area contributed by atoms with Crippen molar-refractivity contribution in [2.75, 3.05) is 31.1 Å². The van der Waals surface area contributed by atoms with Crippen molar-refractivity contribution in [2.24, 2.45) is 0 Å². The van der Waals surface area contributed by atoms with Crippen LogP contribution in [0.3, 0.4) is 0 Å². The van der Waals surface area contributed by atoms with Crippen LogP contribution in [0.1, 0.15) is 11.1 Å². The molecule has 2 N–H and O–H groups in total. The Bertz CT molecular complexity index is 1160. The Morgan fingerprint density at radius 3 is 2.43 bits per heavy atom. The molecule has 2 heterocycles. The lowest BCUT2D eigenvalue weighted by molar-refractivity contribution is -0.130. The number of anilines is 1. The minimum absolute atomic E-state index is 0.0686. The SMILES string of the molecule is Cc1c(CC(=O)N2CCN(c3ccc(F)cc3)CC2)c(=O)oc2cc(O)cc(O)c12. The number of fused-ring (bicyclic) bond motifs is 1. The summed E-state index contributed by atoms with van der Waals surface area (Å²) in [7, 11) is 0. The highest BCUT2D eigenvalue weighted by molar-refractivity contribution is 5.90. The monoisotopic (exact) mass is 412 g/mol. The number of nitrogens with zero attached hydrogens (tertiary/aromatic N) is 2. The largest absolute Gasteiger partial charge is 0.508 e. The van der Waals surface area contributed by atoms with Crippen molar-refractivity contribution in [3.63, 3.8) is 0 Å². The maximum Gasteiger partial charge on any atom is 0.340 e. The Hall–Kier alpha value is -3.55. The summed E-state index contributed by atoms with van der Waals surface area (Å²) in [6.07, 6.45) is -0.138. The Labute approximate surface area is 171 Å². The van der Waals surface area contributed by atoms with E-state index < -0.39 is 5.63 Å². The second kappa shape index (κ2) is 7.70. The molecule has 0 unspecified atom stereocenters. The van der Waals surface area contributed by atoms with Crippen LogP contribution in [0.15, 0.2) is 45.6 Å². The van der Waals surface area contributed by atoms with E-state index in [1.54, 1.807) is 24.0 Å². The van der Waals surface area contributed by atoms with Crippen LogP contribution >= 0.6 is 0 Å². The molecule has 1 fully saturated rings. The number of carbonyl (C=O) groups excluding carboxylic acids is 1. The fourth-order valence-corrected chi connectivity index (χ4v) is 3.84. The highest BCUT2D eigenvalue weighted by atomic mass is 19.1. The van der Waals surface area contributed by atoms with Crippen LogP contribution in [0.25, 0.3) is 11.0 Å². The zero-order valence-corrected chi connectivity index (χ0v) is 16.4. The normalized spacial score (nSPS) is 14.3. The smallest absolute Gasteiger partial charge is 0.340 e. The predicted molar refractivity (Wildman–Crippen MR) is 109 cm³/mol. The van der Waals surface area contributed by atoms with Crippen molar-refractivity contribution in [2.45, 2.75) is 13.3 Å². The van der Waals surface area contributed by atoms with Crippen LogP contribution in [-0.4, -0.2) is 47.2 Å². The highest BCUT2D eigenvalue weighted by Crippen LogP contribution is 2.32. The predicted octanol–water partition coefficient (Wildman–Crippen LogP) is 2.54. The van der Waals surface area contributed by atoms with Crippen molar-refractivity contribution in [1.82, 2.24) is 4.90 Å². The van der Waals surface area contributed by atoms with Gasteiger partial charge >= 0.3 is 5.63 Å². The molecule has 1 aliphatic rings. The molecule has 1 aromatic heterocycles. The summed E-state index contributed by atoms with van der Waals surface area (Å²) in [5, 5.41) is 20.0. The maximum atomic E-state index is 13.1. The topological polar surface area (TPSA) is 94.2 Å². The third-order valence-corrected chi connectivity index (χ3v) is 5.49. The van der Waals surface area contributed by atoms with Gasteiger partial charge in [0.1, 0.15) is 22.9 Å². The number of benzene rings is 2. The average Bonchev–Trinajstić information content (AvgIpc) is 2.71. The third kappa shape index (κ3) is 3.68. The molecule has 156 valence electrons. The van der Waals surface area contributed by atoms with Crippen LogP contribution in [0.5, 0.6) is 11.5 Å². The highest BCUT2D eigenvalue weighted by Gasteiger charge is 2.24. The van der Waals surface area contributed by atoms with Gasteiger partial charge in [-0.1, -0.05) is 0 Å². The van der Waals surface area contributed by atoms with Gasteiger partial charge in [-0.2, -0.15) is 0 Å². The molecule has 0 saturated carbocycles. The first-order valence-corrected chi connectivity index (χ1v) is 9.60. The van der Waals surface area contributed by atoms with Gasteiger partial charge in [-0.25, -0.2) is 9.18 Å². The van der Waals surface area contributed by atoms with Gasteiger partial charge in [-0.05, 0) is 36.8 Å². The molecule has 7 nitrogen and oxygen atoms in total. The van der Waals surface area contributed by atoms with Gasteiger partial charge in [0.2, 0.25) is 5.91 Å². The van der Waals surface area contributed by atoms with Crippen LogP contribution in [0.2, 0.25) is 0 Å². The molecule has 1 aliphatic heterocycles. The first-order chi connectivity index (χ1) is 14.3. The Balaban J connectivity index is 1.50. The van der Waals surface area contributed by atoms with E-state index in [2.05, 4.69) is 4.90 Å². The second-order valence-electron chi connectivity index (χ2n) is 7.35. The third-order valence-electron chi connectivity index (χ3n) is 5.49. The molecule has 30 heavy (non-hydrogen) atoms. The van der Waals surface area contributed by atoms with Crippen molar-refractivity contribution in [3.8, 4) is 11.5 Å². The Morgan fingerprint density at radius 2 is 1.77 bits per heavy atom. The molecule has 1 amide bonds. The van der Waals surface area contributed by atoms with E-state index in [-0.39, 0.29) is 40.8 Å². The van der Waals surface area contributed by atoms with Gasteiger partial charge in [0.25, 0.3) is 0 Å². The van der Waals surface area contributed by atoms with E-state index in [1.165, 1.54) is 18.2 Å². The summed E-state index contributed by atoms with van der Waals surface area (Å²) in [6.45, 7) is 3.80. The molecular weight excluding hydrogens is 391 g/mol. The number of aryl methyl sites for hydroxylation is 1. The van der Waals surface area contributed by atoms with E-state index in [9.17, 15) is 24.2 Å². The summed E-state index contributed by atoms with van der Waals surface area (Å²) in [5.74, 6) is -0.932. The van der Waals surface area contributed by atoms with E-state index in [4.69, 9.17) is 4.42 Å². The summed E-state index contributed by atoms with van der Waals surface area (Å²) in [5.41, 5.74) is 0.946. The number of hydrogen-bond acceptors (Lipinski definition) is 6. The number of halogens is 1. The first-order valence-electron chi connectivity index (χ1n) is 9.60. The number of piperazine rings is 1. The molecule has 0 atom stereocenters. The van der Waals surface area contributed by atoms with Crippen LogP contribution < -0.4 is 10.5 Å². The van der Waals surface area contributed by atoms with Gasteiger partial charge in [-0.15, -0.1) is 0 Å². The molecular formula is C22H21FN2O5. The summed E-state index contributed by atoms with van der Waals surface area (Å²) in [6, 6.07) is 8.65. The van der Waals surface area contributed by atoms with E-state index >= 15 is 0 Å². The van der Waals surface area contributed by atoms with E-state index in [0.29, 0.717) is 37.1 Å².